The van der Waals surface area contributed by atoms with Crippen LogP contribution in [0.25, 0.3) is 30.9 Å². The van der Waals surface area contributed by atoms with E-state index in [0.717, 1.165) is 0 Å². The zero-order valence-corrected chi connectivity index (χ0v) is 17.1. The molecule has 1 nitrogen and oxygen atoms in total. The Morgan fingerprint density at radius 2 is 1.10 bits per heavy atom. The number of benzene rings is 5. The molecule has 1 heterocycles. The van der Waals surface area contributed by atoms with Gasteiger partial charge in [0.1, 0.15) is 0 Å². The van der Waals surface area contributed by atoms with Crippen LogP contribution >= 0.6 is 11.3 Å². The molecule has 2 heteroatoms. The lowest BCUT2D eigenvalue weighted by Gasteiger charge is -2.27. The molecule has 30 heavy (non-hydrogen) atoms. The van der Waals surface area contributed by atoms with Gasteiger partial charge in [-0.1, -0.05) is 84.9 Å². The molecule has 0 fully saturated rings. The van der Waals surface area contributed by atoms with E-state index < -0.39 is 0 Å². The summed E-state index contributed by atoms with van der Waals surface area (Å²) in [4.78, 5) is 2.40. The summed E-state index contributed by atoms with van der Waals surface area (Å²) >= 11 is 1.87. The Bertz CT molecular complexity index is 1490. The maximum absolute atomic E-state index is 2.40. The number of thiophene rings is 1. The van der Waals surface area contributed by atoms with Gasteiger partial charge in [-0.25, -0.2) is 0 Å². The summed E-state index contributed by atoms with van der Waals surface area (Å²) < 4.78 is 2.64. The van der Waals surface area contributed by atoms with Crippen LogP contribution in [-0.4, -0.2) is 0 Å². The van der Waals surface area contributed by atoms with Crippen molar-refractivity contribution in [3.63, 3.8) is 0 Å². The van der Waals surface area contributed by atoms with Crippen molar-refractivity contribution < 1.29 is 0 Å². The van der Waals surface area contributed by atoms with Crippen LogP contribution in [-0.2, 0) is 0 Å². The maximum Gasteiger partial charge on any atom is 0.0640 e. The fourth-order valence-electron chi connectivity index (χ4n) is 4.30. The van der Waals surface area contributed by atoms with Crippen molar-refractivity contribution in [3.05, 3.63) is 115 Å². The molecule has 0 N–H and O–H groups in total. The highest BCUT2D eigenvalue weighted by molar-refractivity contribution is 7.26. The summed E-state index contributed by atoms with van der Waals surface area (Å²) in [6.07, 6.45) is 0. The maximum atomic E-state index is 2.40. The van der Waals surface area contributed by atoms with Crippen molar-refractivity contribution in [2.75, 3.05) is 4.90 Å². The van der Waals surface area contributed by atoms with Crippen LogP contribution in [0, 0.1) is 0 Å². The Balaban J connectivity index is 1.71. The first-order valence-electron chi connectivity index (χ1n) is 10.1. The molecule has 0 radical (unpaired) electrons. The van der Waals surface area contributed by atoms with Crippen LogP contribution < -0.4 is 4.90 Å². The molecule has 142 valence electrons. The normalized spacial score (nSPS) is 11.3. The van der Waals surface area contributed by atoms with E-state index in [2.05, 4.69) is 120 Å². The van der Waals surface area contributed by atoms with Crippen LogP contribution in [0.5, 0.6) is 0 Å². The number of hydrogen-bond donors (Lipinski definition) is 0. The smallest absolute Gasteiger partial charge is 0.0640 e. The molecule has 0 spiro atoms. The van der Waals surface area contributed by atoms with Crippen LogP contribution in [0.4, 0.5) is 17.1 Å². The molecule has 0 saturated heterocycles. The number of rotatable bonds is 3. The van der Waals surface area contributed by atoms with Crippen molar-refractivity contribution >= 4 is 59.3 Å². The largest absolute Gasteiger partial charge is 0.308 e. The van der Waals surface area contributed by atoms with Gasteiger partial charge in [-0.2, -0.15) is 0 Å². The topological polar surface area (TPSA) is 3.24 Å². The van der Waals surface area contributed by atoms with E-state index in [4.69, 9.17) is 0 Å². The minimum atomic E-state index is 1.17. The predicted octanol–water partition coefficient (Wildman–Crippen LogP) is 8.68. The average Bonchev–Trinajstić information content (AvgIpc) is 3.20. The lowest BCUT2D eigenvalue weighted by atomic mass is 10.1. The second-order valence-electron chi connectivity index (χ2n) is 7.42. The van der Waals surface area contributed by atoms with Gasteiger partial charge in [-0.15, -0.1) is 11.3 Å². The van der Waals surface area contributed by atoms with Crippen molar-refractivity contribution in [2.24, 2.45) is 0 Å². The van der Waals surface area contributed by atoms with Gasteiger partial charge >= 0.3 is 0 Å². The van der Waals surface area contributed by atoms with Gasteiger partial charge < -0.3 is 4.90 Å². The van der Waals surface area contributed by atoms with E-state index in [9.17, 15) is 0 Å². The summed E-state index contributed by atoms with van der Waals surface area (Å²) in [5, 5.41) is 5.14. The van der Waals surface area contributed by atoms with E-state index in [1.165, 1.54) is 48.0 Å². The first-order chi connectivity index (χ1) is 14.9. The van der Waals surface area contributed by atoms with E-state index in [1.54, 1.807) is 0 Å². The highest BCUT2D eigenvalue weighted by Crippen LogP contribution is 2.45. The fourth-order valence-corrected chi connectivity index (χ4v) is 5.50. The van der Waals surface area contributed by atoms with Gasteiger partial charge in [0, 0.05) is 26.5 Å². The Morgan fingerprint density at radius 3 is 2.00 bits per heavy atom. The first-order valence-corrected chi connectivity index (χ1v) is 10.9. The summed E-state index contributed by atoms with van der Waals surface area (Å²) in [6, 6.07) is 41.2. The SMILES string of the molecule is c1ccc(N(c2cccc3ccccc23)c2cccc3c2sc2ccccc23)cc1. The number of hydrogen-bond acceptors (Lipinski definition) is 2. The van der Waals surface area contributed by atoms with Crippen LogP contribution in [0.2, 0.25) is 0 Å². The molecular formula is C28H19NS. The third-order valence-corrected chi connectivity index (χ3v) is 6.86. The molecule has 0 amide bonds. The Morgan fingerprint density at radius 1 is 0.467 bits per heavy atom. The molecule has 0 aliphatic heterocycles. The Hall–Kier alpha value is -3.62. The van der Waals surface area contributed by atoms with Crippen molar-refractivity contribution in [2.45, 2.75) is 0 Å². The minimum absolute atomic E-state index is 1.17. The third kappa shape index (κ3) is 2.69. The molecule has 0 unspecified atom stereocenters. The Kier molecular flexibility index (Phi) is 4.03. The van der Waals surface area contributed by atoms with Gasteiger partial charge in [-0.05, 0) is 35.7 Å². The summed E-state index contributed by atoms with van der Waals surface area (Å²) in [7, 11) is 0. The van der Waals surface area contributed by atoms with Crippen molar-refractivity contribution in [1.82, 2.24) is 0 Å². The van der Waals surface area contributed by atoms with Crippen molar-refractivity contribution in [3.8, 4) is 0 Å². The number of anilines is 3. The lowest BCUT2D eigenvalue weighted by molar-refractivity contribution is 1.32. The van der Waals surface area contributed by atoms with E-state index in [-0.39, 0.29) is 0 Å². The van der Waals surface area contributed by atoms with E-state index >= 15 is 0 Å². The first kappa shape index (κ1) is 17.3. The quantitative estimate of drug-likeness (QED) is 0.287. The standard InChI is InChI=1S/C28H19NS/c1-2-12-21(13-3-1)29(25-17-8-11-20-10-4-5-14-22(20)25)26-18-9-16-24-23-15-6-7-19-27(23)30-28(24)26/h1-19H. The molecule has 0 atom stereocenters. The highest BCUT2D eigenvalue weighted by atomic mass is 32.1. The monoisotopic (exact) mass is 401 g/mol. The molecule has 0 aliphatic rings. The van der Waals surface area contributed by atoms with Crippen molar-refractivity contribution in [1.29, 1.82) is 0 Å². The van der Waals surface area contributed by atoms with E-state index in [0.29, 0.717) is 0 Å². The number of para-hydroxylation sites is 1. The van der Waals surface area contributed by atoms with Gasteiger partial charge in [0.25, 0.3) is 0 Å². The average molecular weight is 402 g/mol. The van der Waals surface area contributed by atoms with Gasteiger partial charge in [-0.3, -0.25) is 0 Å². The summed E-state index contributed by atoms with van der Waals surface area (Å²) in [6.45, 7) is 0. The third-order valence-electron chi connectivity index (χ3n) is 5.65. The molecular weight excluding hydrogens is 382 g/mol. The van der Waals surface area contributed by atoms with Crippen LogP contribution in [0.3, 0.4) is 0 Å². The summed E-state index contributed by atoms with van der Waals surface area (Å²) in [5.74, 6) is 0. The molecule has 5 aromatic carbocycles. The van der Waals surface area contributed by atoms with Gasteiger partial charge in [0.15, 0.2) is 0 Å². The van der Waals surface area contributed by atoms with Gasteiger partial charge in [0.05, 0.1) is 16.1 Å². The fraction of sp³-hybridized carbons (Fsp3) is 0. The Labute approximate surface area is 179 Å². The summed E-state index contributed by atoms with van der Waals surface area (Å²) in [5.41, 5.74) is 3.58. The van der Waals surface area contributed by atoms with Crippen LogP contribution in [0.15, 0.2) is 115 Å². The predicted molar refractivity (Wildman–Crippen MR) is 132 cm³/mol. The molecule has 6 aromatic rings. The molecule has 0 bridgehead atoms. The number of fused-ring (bicyclic) bond motifs is 4. The number of nitrogens with zero attached hydrogens (tertiary/aromatic N) is 1. The highest BCUT2D eigenvalue weighted by Gasteiger charge is 2.19. The van der Waals surface area contributed by atoms with Gasteiger partial charge in [0.2, 0.25) is 0 Å². The second-order valence-corrected chi connectivity index (χ2v) is 8.47. The second kappa shape index (κ2) is 7.01. The molecule has 6 rings (SSSR count). The molecule has 1 aromatic heterocycles. The zero-order valence-electron chi connectivity index (χ0n) is 16.3. The minimum Gasteiger partial charge on any atom is -0.308 e. The lowest BCUT2D eigenvalue weighted by Crippen LogP contribution is -2.10. The molecule has 0 aliphatic carbocycles. The van der Waals surface area contributed by atoms with E-state index in [1.807, 2.05) is 11.3 Å². The zero-order chi connectivity index (χ0) is 19.9. The molecule has 0 saturated carbocycles. The van der Waals surface area contributed by atoms with Crippen LogP contribution in [0.1, 0.15) is 0 Å².